The normalized spacial score (nSPS) is 22.4. The van der Waals surface area contributed by atoms with Crippen molar-refractivity contribution in [3.63, 3.8) is 0 Å². The minimum Gasteiger partial charge on any atom is -0.350 e. The number of aromatic nitrogens is 2. The molecule has 32 heavy (non-hydrogen) atoms. The van der Waals surface area contributed by atoms with Crippen LogP contribution < -0.4 is 16.0 Å². The molecule has 3 aliphatic rings. The number of carbonyl (C=O) groups excluding carboxylic acids is 3. The minimum absolute atomic E-state index is 0.166. The molecule has 2 unspecified atom stereocenters. The van der Waals surface area contributed by atoms with Gasteiger partial charge >= 0.3 is 0 Å². The number of hydrogen-bond donors (Lipinski definition) is 3. The fraction of sp³-hybridized carbons (Fsp3) is 0.435. The number of nitrogens with one attached hydrogen (secondary N) is 3. The van der Waals surface area contributed by atoms with Crippen molar-refractivity contribution in [3.05, 3.63) is 52.3 Å². The molecule has 1 fully saturated rings. The number of amides is 3. The van der Waals surface area contributed by atoms with Gasteiger partial charge in [0.05, 0.1) is 0 Å². The third-order valence-electron chi connectivity index (χ3n) is 6.60. The average Bonchev–Trinajstić information content (AvgIpc) is 3.13. The summed E-state index contributed by atoms with van der Waals surface area (Å²) in [7, 11) is 1.98. The molecule has 5 rings (SSSR count). The van der Waals surface area contributed by atoms with E-state index in [0.717, 1.165) is 36.1 Å². The molecular formula is C23H26N6O3. The topological polar surface area (TPSA) is 116 Å². The SMILES string of the molecule is CNC1CCc2nc(NCc3ccc4c(c3)C(=O)N(C3CCC(=O)NC3=O)C4)ncc2C1. The van der Waals surface area contributed by atoms with Gasteiger partial charge < -0.3 is 15.5 Å². The number of anilines is 1. The lowest BCUT2D eigenvalue weighted by molar-refractivity contribution is -0.136. The van der Waals surface area contributed by atoms with Crippen LogP contribution >= 0.6 is 0 Å². The number of aryl methyl sites for hydroxylation is 1. The molecule has 0 saturated carbocycles. The summed E-state index contributed by atoms with van der Waals surface area (Å²) in [6, 6.07) is 5.66. The van der Waals surface area contributed by atoms with Crippen molar-refractivity contribution in [1.29, 1.82) is 0 Å². The zero-order chi connectivity index (χ0) is 22.2. The lowest BCUT2D eigenvalue weighted by Gasteiger charge is -2.29. The first-order valence-corrected chi connectivity index (χ1v) is 11.0. The van der Waals surface area contributed by atoms with Gasteiger partial charge in [-0.1, -0.05) is 12.1 Å². The highest BCUT2D eigenvalue weighted by atomic mass is 16.2. The molecule has 0 spiro atoms. The highest BCUT2D eigenvalue weighted by Gasteiger charge is 2.39. The smallest absolute Gasteiger partial charge is 0.255 e. The van der Waals surface area contributed by atoms with Gasteiger partial charge in [-0.05, 0) is 55.5 Å². The number of piperidine rings is 1. The third kappa shape index (κ3) is 3.84. The second-order valence-corrected chi connectivity index (χ2v) is 8.64. The highest BCUT2D eigenvalue weighted by Crippen LogP contribution is 2.28. The zero-order valence-electron chi connectivity index (χ0n) is 18.0. The maximum absolute atomic E-state index is 13.0. The van der Waals surface area contributed by atoms with E-state index in [4.69, 9.17) is 0 Å². The van der Waals surface area contributed by atoms with E-state index in [0.29, 0.717) is 37.1 Å². The third-order valence-corrected chi connectivity index (χ3v) is 6.60. The Morgan fingerprint density at radius 1 is 1.16 bits per heavy atom. The van der Waals surface area contributed by atoms with E-state index in [2.05, 4.69) is 25.9 Å². The first-order valence-electron chi connectivity index (χ1n) is 11.0. The molecule has 166 valence electrons. The number of hydrogen-bond acceptors (Lipinski definition) is 7. The summed E-state index contributed by atoms with van der Waals surface area (Å²) < 4.78 is 0. The van der Waals surface area contributed by atoms with Crippen LogP contribution in [0.1, 0.15) is 52.0 Å². The summed E-state index contributed by atoms with van der Waals surface area (Å²) in [5.74, 6) is -0.256. The van der Waals surface area contributed by atoms with Gasteiger partial charge in [0.2, 0.25) is 17.8 Å². The van der Waals surface area contributed by atoms with E-state index in [1.54, 1.807) is 4.90 Å². The largest absolute Gasteiger partial charge is 0.350 e. The molecule has 1 aromatic carbocycles. The molecule has 2 aliphatic heterocycles. The molecule has 3 heterocycles. The summed E-state index contributed by atoms with van der Waals surface area (Å²) in [4.78, 5) is 47.3. The van der Waals surface area contributed by atoms with Crippen LogP contribution in [0.5, 0.6) is 0 Å². The molecule has 0 bridgehead atoms. The van der Waals surface area contributed by atoms with E-state index < -0.39 is 11.9 Å². The number of benzene rings is 1. The molecule has 9 heteroatoms. The quantitative estimate of drug-likeness (QED) is 0.600. The van der Waals surface area contributed by atoms with Crippen LogP contribution in [0.15, 0.2) is 24.4 Å². The minimum atomic E-state index is -0.597. The van der Waals surface area contributed by atoms with Crippen LogP contribution in [0.4, 0.5) is 5.95 Å². The molecule has 3 amide bonds. The van der Waals surface area contributed by atoms with Crippen LogP contribution in [0.25, 0.3) is 0 Å². The lowest BCUT2D eigenvalue weighted by atomic mass is 9.93. The fourth-order valence-electron chi connectivity index (χ4n) is 4.73. The van der Waals surface area contributed by atoms with Gasteiger partial charge in [0.15, 0.2) is 0 Å². The Hall–Kier alpha value is -3.33. The van der Waals surface area contributed by atoms with E-state index in [-0.39, 0.29) is 18.2 Å². The highest BCUT2D eigenvalue weighted by molar-refractivity contribution is 6.05. The van der Waals surface area contributed by atoms with Gasteiger partial charge in [-0.2, -0.15) is 0 Å². The van der Waals surface area contributed by atoms with Crippen molar-refractivity contribution in [3.8, 4) is 0 Å². The number of nitrogens with zero attached hydrogens (tertiary/aromatic N) is 3. The molecule has 3 N–H and O–H groups in total. The van der Waals surface area contributed by atoms with Crippen molar-refractivity contribution >= 4 is 23.7 Å². The maximum atomic E-state index is 13.0. The Morgan fingerprint density at radius 2 is 2.03 bits per heavy atom. The van der Waals surface area contributed by atoms with E-state index >= 15 is 0 Å². The van der Waals surface area contributed by atoms with Gasteiger partial charge in [-0.15, -0.1) is 0 Å². The molecule has 0 radical (unpaired) electrons. The second-order valence-electron chi connectivity index (χ2n) is 8.64. The molecule has 1 aromatic heterocycles. The fourth-order valence-corrected chi connectivity index (χ4v) is 4.73. The summed E-state index contributed by atoms with van der Waals surface area (Å²) in [5.41, 5.74) is 4.74. The Bertz CT molecular complexity index is 1100. The molecule has 1 saturated heterocycles. The summed E-state index contributed by atoms with van der Waals surface area (Å²) in [6.07, 6.45) is 5.46. The summed E-state index contributed by atoms with van der Waals surface area (Å²) in [5, 5.41) is 8.92. The van der Waals surface area contributed by atoms with Crippen molar-refractivity contribution < 1.29 is 14.4 Å². The Morgan fingerprint density at radius 3 is 2.84 bits per heavy atom. The predicted octanol–water partition coefficient (Wildman–Crippen LogP) is 0.926. The van der Waals surface area contributed by atoms with Crippen LogP contribution in [0.3, 0.4) is 0 Å². The number of fused-ring (bicyclic) bond motifs is 2. The van der Waals surface area contributed by atoms with Gasteiger partial charge in [-0.25, -0.2) is 9.97 Å². The van der Waals surface area contributed by atoms with Crippen LogP contribution in [-0.4, -0.2) is 51.7 Å². The van der Waals surface area contributed by atoms with Crippen LogP contribution in [0.2, 0.25) is 0 Å². The van der Waals surface area contributed by atoms with Crippen LogP contribution in [-0.2, 0) is 35.5 Å². The van der Waals surface area contributed by atoms with Gasteiger partial charge in [0.1, 0.15) is 6.04 Å². The monoisotopic (exact) mass is 434 g/mol. The first-order chi connectivity index (χ1) is 15.5. The van der Waals surface area contributed by atoms with Gasteiger partial charge in [0, 0.05) is 43.0 Å². The predicted molar refractivity (Wildman–Crippen MR) is 117 cm³/mol. The molecule has 2 aromatic rings. The average molecular weight is 435 g/mol. The van der Waals surface area contributed by atoms with Crippen molar-refractivity contribution in [1.82, 2.24) is 25.5 Å². The Kier molecular flexibility index (Phi) is 5.34. The zero-order valence-corrected chi connectivity index (χ0v) is 18.0. The van der Waals surface area contributed by atoms with Gasteiger partial charge in [-0.3, -0.25) is 19.7 Å². The number of carbonyl (C=O) groups is 3. The Labute approximate surface area is 186 Å². The molecule has 2 atom stereocenters. The number of rotatable bonds is 5. The van der Waals surface area contributed by atoms with E-state index in [9.17, 15) is 14.4 Å². The van der Waals surface area contributed by atoms with Crippen molar-refractivity contribution in [2.24, 2.45) is 0 Å². The number of imide groups is 1. The Balaban J connectivity index is 1.25. The van der Waals surface area contributed by atoms with E-state index in [1.807, 2.05) is 31.4 Å². The summed E-state index contributed by atoms with van der Waals surface area (Å²) in [6.45, 7) is 0.882. The molecule has 1 aliphatic carbocycles. The van der Waals surface area contributed by atoms with Crippen molar-refractivity contribution in [2.45, 2.75) is 57.3 Å². The van der Waals surface area contributed by atoms with Crippen molar-refractivity contribution in [2.75, 3.05) is 12.4 Å². The summed E-state index contributed by atoms with van der Waals surface area (Å²) >= 11 is 0. The standard InChI is InChI=1S/C23H26N6O3/c1-24-16-4-5-18-15(9-16)11-26-23(27-18)25-10-13-2-3-14-12-29(22(32)17(14)8-13)19-6-7-20(30)28-21(19)31/h2-3,8,11,16,19,24H,4-7,9-10,12H2,1H3,(H,25,26,27)(H,28,30,31). The van der Waals surface area contributed by atoms with Gasteiger partial charge in [0.25, 0.3) is 5.91 Å². The molecular weight excluding hydrogens is 408 g/mol. The maximum Gasteiger partial charge on any atom is 0.255 e. The number of likely N-dealkylation sites (N-methyl/N-ethyl adjacent to an activating group) is 1. The van der Waals surface area contributed by atoms with E-state index in [1.165, 1.54) is 5.56 Å². The molecule has 9 nitrogen and oxygen atoms in total. The first kappa shape index (κ1) is 20.6. The van der Waals surface area contributed by atoms with Crippen LogP contribution in [0, 0.1) is 0 Å². The lowest BCUT2D eigenvalue weighted by Crippen LogP contribution is -2.52. The second kappa shape index (κ2) is 8.31.